The van der Waals surface area contributed by atoms with Crippen molar-refractivity contribution in [3.8, 4) is 0 Å². The van der Waals surface area contributed by atoms with Gasteiger partial charge in [0, 0.05) is 18.6 Å². The molecule has 1 aliphatic carbocycles. The number of rotatable bonds is 7. The molecule has 2 heteroatoms. The van der Waals surface area contributed by atoms with Gasteiger partial charge in [-0.05, 0) is 52.3 Å². The SMILES string of the molecule is CCCN(CC(NC)c1cc(C)cc(C)c1)C1CC1. The normalized spacial score (nSPS) is 16.9. The summed E-state index contributed by atoms with van der Waals surface area (Å²) in [6.45, 7) is 9.02. The van der Waals surface area contributed by atoms with Crippen molar-refractivity contribution in [3.05, 3.63) is 34.9 Å². The maximum absolute atomic E-state index is 3.50. The number of hydrogen-bond acceptors (Lipinski definition) is 2. The summed E-state index contributed by atoms with van der Waals surface area (Å²) in [5.74, 6) is 0. The van der Waals surface area contributed by atoms with Gasteiger partial charge in [-0.1, -0.05) is 36.2 Å². The Morgan fingerprint density at radius 3 is 2.32 bits per heavy atom. The maximum Gasteiger partial charge on any atom is 0.0447 e. The second-order valence-corrected chi connectivity index (χ2v) is 5.99. The van der Waals surface area contributed by atoms with Gasteiger partial charge in [-0.25, -0.2) is 0 Å². The number of likely N-dealkylation sites (N-methyl/N-ethyl adjacent to an activating group) is 1. The minimum absolute atomic E-state index is 0.450. The third-order valence-corrected chi connectivity index (χ3v) is 3.99. The van der Waals surface area contributed by atoms with Crippen molar-refractivity contribution in [3.63, 3.8) is 0 Å². The van der Waals surface area contributed by atoms with E-state index < -0.39 is 0 Å². The highest BCUT2D eigenvalue weighted by Crippen LogP contribution is 2.29. The fourth-order valence-corrected chi connectivity index (χ4v) is 2.96. The van der Waals surface area contributed by atoms with Crippen LogP contribution in [-0.2, 0) is 0 Å². The Bertz CT molecular complexity index is 389. The summed E-state index contributed by atoms with van der Waals surface area (Å²) in [5, 5.41) is 3.50. The molecule has 0 aromatic heterocycles. The molecule has 1 N–H and O–H groups in total. The molecule has 2 nitrogen and oxygen atoms in total. The average Bonchev–Trinajstić information content (AvgIpc) is 3.17. The molecule has 1 atom stereocenters. The molecule has 1 saturated carbocycles. The molecule has 1 aliphatic rings. The Balaban J connectivity index is 2.09. The van der Waals surface area contributed by atoms with Crippen LogP contribution in [0, 0.1) is 13.8 Å². The maximum atomic E-state index is 3.50. The van der Waals surface area contributed by atoms with Gasteiger partial charge in [-0.2, -0.15) is 0 Å². The number of aryl methyl sites for hydroxylation is 2. The standard InChI is InChI=1S/C17H28N2/c1-5-8-19(16-6-7-16)12-17(18-4)15-10-13(2)9-14(3)11-15/h9-11,16-18H,5-8,12H2,1-4H3. The van der Waals surface area contributed by atoms with Crippen LogP contribution in [0.2, 0.25) is 0 Å². The van der Waals surface area contributed by atoms with Crippen LogP contribution in [0.3, 0.4) is 0 Å². The molecule has 106 valence electrons. The van der Waals surface area contributed by atoms with Crippen molar-refractivity contribution in [1.29, 1.82) is 0 Å². The van der Waals surface area contributed by atoms with E-state index in [1.54, 1.807) is 0 Å². The predicted octanol–water partition coefficient (Wildman–Crippen LogP) is 3.44. The molecule has 0 heterocycles. The quantitative estimate of drug-likeness (QED) is 0.808. The molecule has 2 rings (SSSR count). The van der Waals surface area contributed by atoms with Crippen molar-refractivity contribution < 1.29 is 0 Å². The number of hydrogen-bond donors (Lipinski definition) is 1. The van der Waals surface area contributed by atoms with Gasteiger partial charge in [-0.3, -0.25) is 4.90 Å². The van der Waals surface area contributed by atoms with Gasteiger partial charge in [0.05, 0.1) is 0 Å². The minimum Gasteiger partial charge on any atom is -0.312 e. The minimum atomic E-state index is 0.450. The molecule has 0 spiro atoms. The van der Waals surface area contributed by atoms with Gasteiger partial charge in [0.25, 0.3) is 0 Å². The molecular formula is C17H28N2. The second kappa shape index (κ2) is 6.53. The molecule has 1 unspecified atom stereocenters. The molecule has 0 radical (unpaired) electrons. The lowest BCUT2D eigenvalue weighted by atomic mass is 10.0. The summed E-state index contributed by atoms with van der Waals surface area (Å²) in [4.78, 5) is 2.67. The molecule has 1 aromatic rings. The van der Waals surface area contributed by atoms with Crippen LogP contribution in [0.15, 0.2) is 18.2 Å². The van der Waals surface area contributed by atoms with Crippen LogP contribution in [-0.4, -0.2) is 31.1 Å². The van der Waals surface area contributed by atoms with Crippen LogP contribution >= 0.6 is 0 Å². The molecule has 0 amide bonds. The van der Waals surface area contributed by atoms with Crippen LogP contribution in [0.4, 0.5) is 0 Å². The molecule has 19 heavy (non-hydrogen) atoms. The molecule has 0 saturated heterocycles. The fourth-order valence-electron chi connectivity index (χ4n) is 2.96. The second-order valence-electron chi connectivity index (χ2n) is 5.99. The number of nitrogens with one attached hydrogen (secondary N) is 1. The smallest absolute Gasteiger partial charge is 0.0447 e. The molecule has 0 aliphatic heterocycles. The summed E-state index contributed by atoms with van der Waals surface area (Å²) in [7, 11) is 2.08. The van der Waals surface area contributed by atoms with E-state index >= 15 is 0 Å². The summed E-state index contributed by atoms with van der Waals surface area (Å²) in [5.41, 5.74) is 4.16. The lowest BCUT2D eigenvalue weighted by Gasteiger charge is -2.27. The Kier molecular flexibility index (Phi) is 5.00. The summed E-state index contributed by atoms with van der Waals surface area (Å²) in [6, 6.07) is 8.20. The fraction of sp³-hybridized carbons (Fsp3) is 0.647. The average molecular weight is 260 g/mol. The lowest BCUT2D eigenvalue weighted by molar-refractivity contribution is 0.237. The first-order chi connectivity index (χ1) is 9.13. The molecule has 0 bridgehead atoms. The number of nitrogens with zero attached hydrogens (tertiary/aromatic N) is 1. The lowest BCUT2D eigenvalue weighted by Crippen LogP contribution is -2.36. The van der Waals surface area contributed by atoms with Gasteiger partial charge in [0.2, 0.25) is 0 Å². The van der Waals surface area contributed by atoms with Gasteiger partial charge in [-0.15, -0.1) is 0 Å². The molecule has 1 fully saturated rings. The van der Waals surface area contributed by atoms with Crippen molar-refractivity contribution in [2.75, 3.05) is 20.1 Å². The van der Waals surface area contributed by atoms with E-state index in [-0.39, 0.29) is 0 Å². The first kappa shape index (κ1) is 14.5. The highest BCUT2D eigenvalue weighted by molar-refractivity contribution is 5.31. The van der Waals surface area contributed by atoms with E-state index in [1.807, 2.05) is 0 Å². The Morgan fingerprint density at radius 2 is 1.84 bits per heavy atom. The predicted molar refractivity (Wildman–Crippen MR) is 82.6 cm³/mol. The topological polar surface area (TPSA) is 15.3 Å². The van der Waals surface area contributed by atoms with Gasteiger partial charge >= 0.3 is 0 Å². The van der Waals surface area contributed by atoms with Crippen molar-refractivity contribution in [2.24, 2.45) is 0 Å². The zero-order valence-electron chi connectivity index (χ0n) is 12.9. The van der Waals surface area contributed by atoms with Gasteiger partial charge in [0.15, 0.2) is 0 Å². The van der Waals surface area contributed by atoms with E-state index in [2.05, 4.69) is 56.2 Å². The van der Waals surface area contributed by atoms with Crippen molar-refractivity contribution >= 4 is 0 Å². The van der Waals surface area contributed by atoms with Crippen LogP contribution in [0.1, 0.15) is 48.9 Å². The van der Waals surface area contributed by atoms with E-state index in [0.29, 0.717) is 6.04 Å². The zero-order chi connectivity index (χ0) is 13.8. The van der Waals surface area contributed by atoms with E-state index in [4.69, 9.17) is 0 Å². The third kappa shape index (κ3) is 4.05. The zero-order valence-corrected chi connectivity index (χ0v) is 12.9. The Morgan fingerprint density at radius 1 is 1.21 bits per heavy atom. The largest absolute Gasteiger partial charge is 0.312 e. The first-order valence-electron chi connectivity index (χ1n) is 7.63. The Hall–Kier alpha value is -0.860. The van der Waals surface area contributed by atoms with Crippen molar-refractivity contribution in [2.45, 2.75) is 52.1 Å². The highest BCUT2D eigenvalue weighted by atomic mass is 15.2. The summed E-state index contributed by atoms with van der Waals surface area (Å²) in [6.07, 6.45) is 4.03. The van der Waals surface area contributed by atoms with E-state index in [9.17, 15) is 0 Å². The van der Waals surface area contributed by atoms with E-state index in [1.165, 1.54) is 42.5 Å². The summed E-state index contributed by atoms with van der Waals surface area (Å²) >= 11 is 0. The van der Waals surface area contributed by atoms with Crippen LogP contribution in [0.5, 0.6) is 0 Å². The Labute approximate surface area is 118 Å². The third-order valence-electron chi connectivity index (χ3n) is 3.99. The first-order valence-corrected chi connectivity index (χ1v) is 7.63. The van der Waals surface area contributed by atoms with Gasteiger partial charge < -0.3 is 5.32 Å². The molecule has 1 aromatic carbocycles. The van der Waals surface area contributed by atoms with E-state index in [0.717, 1.165) is 12.6 Å². The molecular weight excluding hydrogens is 232 g/mol. The van der Waals surface area contributed by atoms with Crippen LogP contribution < -0.4 is 5.32 Å². The number of benzene rings is 1. The van der Waals surface area contributed by atoms with Gasteiger partial charge in [0.1, 0.15) is 0 Å². The summed E-state index contributed by atoms with van der Waals surface area (Å²) < 4.78 is 0. The van der Waals surface area contributed by atoms with Crippen molar-refractivity contribution in [1.82, 2.24) is 10.2 Å². The highest BCUT2D eigenvalue weighted by Gasteiger charge is 2.29. The monoisotopic (exact) mass is 260 g/mol. The van der Waals surface area contributed by atoms with Crippen LogP contribution in [0.25, 0.3) is 0 Å².